The Morgan fingerprint density at radius 2 is 2.00 bits per heavy atom. The number of nitrogens with zero attached hydrogens (tertiary/aromatic N) is 5. The maximum atomic E-state index is 8.61. The SMILES string of the molecule is N#CCCCCc1cnn2c(Cl)nc(SCc3ccccc3)nc12. The minimum Gasteiger partial charge on any atom is -0.202 e. The molecule has 3 rings (SSSR count). The molecule has 0 radical (unpaired) electrons. The summed E-state index contributed by atoms with van der Waals surface area (Å²) in [6.45, 7) is 0. The van der Waals surface area contributed by atoms with Gasteiger partial charge < -0.3 is 0 Å². The predicted molar refractivity (Wildman–Crippen MR) is 95.0 cm³/mol. The zero-order valence-electron chi connectivity index (χ0n) is 13.0. The van der Waals surface area contributed by atoms with Crippen LogP contribution in [0.25, 0.3) is 5.65 Å². The number of benzene rings is 1. The van der Waals surface area contributed by atoms with Crippen molar-refractivity contribution in [2.45, 2.75) is 36.6 Å². The second-order valence-electron chi connectivity index (χ2n) is 5.32. The minimum atomic E-state index is 0.318. The first kappa shape index (κ1) is 16.7. The molecule has 2 heterocycles. The van der Waals surface area contributed by atoms with Crippen LogP contribution < -0.4 is 0 Å². The van der Waals surface area contributed by atoms with Crippen LogP contribution >= 0.6 is 23.4 Å². The van der Waals surface area contributed by atoms with Gasteiger partial charge in [-0.15, -0.1) is 0 Å². The molecule has 0 spiro atoms. The molecule has 0 aliphatic rings. The Morgan fingerprint density at radius 3 is 2.79 bits per heavy atom. The number of halogens is 1. The van der Waals surface area contributed by atoms with Crippen molar-refractivity contribution in [3.05, 3.63) is 52.9 Å². The lowest BCUT2D eigenvalue weighted by Crippen LogP contribution is -1.99. The van der Waals surface area contributed by atoms with E-state index in [0.29, 0.717) is 16.9 Å². The largest absolute Gasteiger partial charge is 0.228 e. The van der Waals surface area contributed by atoms with Crippen molar-refractivity contribution in [2.24, 2.45) is 0 Å². The third kappa shape index (κ3) is 4.05. The summed E-state index contributed by atoms with van der Waals surface area (Å²) >= 11 is 7.79. The van der Waals surface area contributed by atoms with E-state index < -0.39 is 0 Å². The van der Waals surface area contributed by atoms with E-state index in [4.69, 9.17) is 16.9 Å². The quantitative estimate of drug-likeness (QED) is 0.465. The summed E-state index contributed by atoms with van der Waals surface area (Å²) in [7, 11) is 0. The Kier molecular flexibility index (Phi) is 5.68. The lowest BCUT2D eigenvalue weighted by atomic mass is 10.1. The fourth-order valence-corrected chi connectivity index (χ4v) is 3.40. The van der Waals surface area contributed by atoms with E-state index in [0.717, 1.165) is 36.2 Å². The van der Waals surface area contributed by atoms with Crippen molar-refractivity contribution in [2.75, 3.05) is 0 Å². The summed E-state index contributed by atoms with van der Waals surface area (Å²) in [5.74, 6) is 0.791. The van der Waals surface area contributed by atoms with Gasteiger partial charge in [-0.3, -0.25) is 0 Å². The lowest BCUT2D eigenvalue weighted by molar-refractivity contribution is 0.753. The van der Waals surface area contributed by atoms with Crippen molar-refractivity contribution in [3.8, 4) is 6.07 Å². The van der Waals surface area contributed by atoms with Gasteiger partial charge in [-0.2, -0.15) is 19.9 Å². The minimum absolute atomic E-state index is 0.318. The van der Waals surface area contributed by atoms with Gasteiger partial charge in [-0.1, -0.05) is 42.1 Å². The van der Waals surface area contributed by atoms with Gasteiger partial charge in [0.25, 0.3) is 0 Å². The lowest BCUT2D eigenvalue weighted by Gasteiger charge is -2.04. The highest BCUT2D eigenvalue weighted by atomic mass is 35.5. The number of nitriles is 1. The molecule has 3 aromatic rings. The number of rotatable bonds is 7. The van der Waals surface area contributed by atoms with Crippen LogP contribution in [0.2, 0.25) is 5.28 Å². The number of aromatic nitrogens is 4. The van der Waals surface area contributed by atoms with Crippen LogP contribution in [0.1, 0.15) is 30.4 Å². The Morgan fingerprint density at radius 1 is 1.17 bits per heavy atom. The van der Waals surface area contributed by atoms with E-state index in [9.17, 15) is 0 Å². The van der Waals surface area contributed by atoms with Crippen molar-refractivity contribution in [1.29, 1.82) is 5.26 Å². The van der Waals surface area contributed by atoms with Gasteiger partial charge in [0.05, 0.1) is 12.3 Å². The number of aryl methyl sites for hydroxylation is 1. The molecule has 2 aromatic heterocycles. The average molecular weight is 358 g/mol. The van der Waals surface area contributed by atoms with Crippen LogP contribution in [0.15, 0.2) is 41.7 Å². The van der Waals surface area contributed by atoms with E-state index in [2.05, 4.69) is 33.3 Å². The number of hydrogen-bond acceptors (Lipinski definition) is 5. The molecular weight excluding hydrogens is 342 g/mol. The Labute approximate surface area is 149 Å². The first-order valence-corrected chi connectivity index (χ1v) is 9.08. The van der Waals surface area contributed by atoms with Gasteiger partial charge in [0.15, 0.2) is 10.8 Å². The highest BCUT2D eigenvalue weighted by Crippen LogP contribution is 2.23. The smallest absolute Gasteiger partial charge is 0.202 e. The molecule has 122 valence electrons. The molecule has 5 nitrogen and oxygen atoms in total. The van der Waals surface area contributed by atoms with Gasteiger partial charge in [-0.25, -0.2) is 4.98 Å². The molecule has 0 saturated carbocycles. The predicted octanol–water partition coefficient (Wildman–Crippen LogP) is 4.31. The molecule has 0 bridgehead atoms. The second kappa shape index (κ2) is 8.13. The molecular formula is C17H16ClN5S. The molecule has 0 saturated heterocycles. The third-order valence-corrected chi connectivity index (χ3v) is 4.74. The van der Waals surface area contributed by atoms with Crippen LogP contribution in [0.4, 0.5) is 0 Å². The first-order chi connectivity index (χ1) is 11.8. The summed E-state index contributed by atoms with van der Waals surface area (Å²) < 4.78 is 1.56. The van der Waals surface area contributed by atoms with Crippen LogP contribution in [0.5, 0.6) is 0 Å². The van der Waals surface area contributed by atoms with Crippen LogP contribution in [0, 0.1) is 11.3 Å². The zero-order valence-corrected chi connectivity index (χ0v) is 14.6. The van der Waals surface area contributed by atoms with Crippen LogP contribution in [0.3, 0.4) is 0 Å². The summed E-state index contributed by atoms with van der Waals surface area (Å²) in [5.41, 5.74) is 3.01. The molecule has 1 aromatic carbocycles. The normalized spacial score (nSPS) is 10.8. The zero-order chi connectivity index (χ0) is 16.8. The van der Waals surface area contributed by atoms with Crippen molar-refractivity contribution in [3.63, 3.8) is 0 Å². The standard InChI is InChI=1S/C17H16ClN5S/c18-16-22-17(24-12-13-7-3-1-4-8-13)21-15-14(11-20-23(15)16)9-5-2-6-10-19/h1,3-4,7-8,11H,2,5-6,9,12H2. The summed E-state index contributed by atoms with van der Waals surface area (Å²) in [5, 5.41) is 13.8. The fraction of sp³-hybridized carbons (Fsp3) is 0.294. The van der Waals surface area contributed by atoms with Crippen molar-refractivity contribution < 1.29 is 0 Å². The Hall–Kier alpha value is -2.10. The molecule has 0 atom stereocenters. The highest BCUT2D eigenvalue weighted by Gasteiger charge is 2.12. The first-order valence-electron chi connectivity index (χ1n) is 7.72. The van der Waals surface area contributed by atoms with E-state index >= 15 is 0 Å². The van der Waals surface area contributed by atoms with Crippen LogP contribution in [-0.2, 0) is 12.2 Å². The fourth-order valence-electron chi connectivity index (χ4n) is 2.35. The molecule has 0 aliphatic heterocycles. The Balaban J connectivity index is 1.76. The number of fused-ring (bicyclic) bond motifs is 1. The number of hydrogen-bond donors (Lipinski definition) is 0. The number of unbranched alkanes of at least 4 members (excludes halogenated alkanes) is 2. The van der Waals surface area contributed by atoms with Gasteiger partial charge >= 0.3 is 0 Å². The maximum Gasteiger partial charge on any atom is 0.228 e. The second-order valence-corrected chi connectivity index (χ2v) is 6.60. The summed E-state index contributed by atoms with van der Waals surface area (Å²) in [6.07, 6.45) is 5.01. The summed E-state index contributed by atoms with van der Waals surface area (Å²) in [6, 6.07) is 12.3. The topological polar surface area (TPSA) is 66.9 Å². The molecule has 7 heteroatoms. The Bertz CT molecular complexity index is 857. The third-order valence-electron chi connectivity index (χ3n) is 3.58. The van der Waals surface area contributed by atoms with Crippen LogP contribution in [-0.4, -0.2) is 19.6 Å². The van der Waals surface area contributed by atoms with Gasteiger partial charge in [0.2, 0.25) is 5.28 Å². The average Bonchev–Trinajstić information content (AvgIpc) is 3.01. The van der Waals surface area contributed by atoms with Gasteiger partial charge in [0.1, 0.15) is 0 Å². The monoisotopic (exact) mass is 357 g/mol. The van der Waals surface area contributed by atoms with Gasteiger partial charge in [-0.05, 0) is 36.4 Å². The summed E-state index contributed by atoms with van der Waals surface area (Å²) in [4.78, 5) is 8.93. The molecule has 0 amide bonds. The molecule has 0 unspecified atom stereocenters. The van der Waals surface area contributed by atoms with Crippen molar-refractivity contribution >= 4 is 29.0 Å². The van der Waals surface area contributed by atoms with E-state index in [1.165, 1.54) is 5.56 Å². The molecule has 0 fully saturated rings. The molecule has 0 N–H and O–H groups in total. The van der Waals surface area contributed by atoms with Crippen molar-refractivity contribution in [1.82, 2.24) is 19.6 Å². The van der Waals surface area contributed by atoms with E-state index in [1.54, 1.807) is 22.5 Å². The molecule has 0 aliphatic carbocycles. The van der Waals surface area contributed by atoms with Gasteiger partial charge in [0, 0.05) is 17.7 Å². The number of thioether (sulfide) groups is 1. The van der Waals surface area contributed by atoms with E-state index in [-0.39, 0.29) is 0 Å². The maximum absolute atomic E-state index is 8.61. The van der Waals surface area contributed by atoms with E-state index in [1.807, 2.05) is 18.2 Å². The molecule has 24 heavy (non-hydrogen) atoms. The highest BCUT2D eigenvalue weighted by molar-refractivity contribution is 7.98.